The van der Waals surface area contributed by atoms with Gasteiger partial charge in [0.1, 0.15) is 6.04 Å². The van der Waals surface area contributed by atoms with Crippen LogP contribution in [-0.4, -0.2) is 41.0 Å². The first-order valence-electron chi connectivity index (χ1n) is 7.39. The minimum Gasteiger partial charge on any atom is -0.481 e. The fourth-order valence-electron chi connectivity index (χ4n) is 2.59. The lowest BCUT2D eigenvalue weighted by atomic mass is 9.99. The molecule has 0 unspecified atom stereocenters. The molecule has 120 valence electrons. The number of aliphatic carboxylic acids is 1. The second-order valence-electron chi connectivity index (χ2n) is 5.78. The van der Waals surface area contributed by atoms with E-state index in [1.165, 1.54) is 12.8 Å². The Labute approximate surface area is 124 Å². The number of nitrogens with two attached hydrogens (primary N) is 1. The summed E-state index contributed by atoms with van der Waals surface area (Å²) in [5.41, 5.74) is 5.44. The third-order valence-corrected chi connectivity index (χ3v) is 3.96. The Morgan fingerprint density at radius 2 is 1.71 bits per heavy atom. The van der Waals surface area contributed by atoms with Gasteiger partial charge in [-0.05, 0) is 32.6 Å². The molecule has 1 fully saturated rings. The number of hydrogen-bond acceptors (Lipinski definition) is 4. The summed E-state index contributed by atoms with van der Waals surface area (Å²) >= 11 is 0. The Hall–Kier alpha value is -1.63. The highest BCUT2D eigenvalue weighted by molar-refractivity contribution is 5.91. The fourth-order valence-corrected chi connectivity index (χ4v) is 2.59. The summed E-state index contributed by atoms with van der Waals surface area (Å²) in [6, 6.07) is -1.81. The molecule has 0 aromatic carbocycles. The average Bonchev–Trinajstić information content (AvgIpc) is 2.91. The van der Waals surface area contributed by atoms with Gasteiger partial charge in [-0.25, -0.2) is 0 Å². The molecule has 0 radical (unpaired) electrons. The van der Waals surface area contributed by atoms with Crippen LogP contribution in [-0.2, 0) is 14.4 Å². The molecule has 1 aliphatic rings. The zero-order chi connectivity index (χ0) is 16.0. The summed E-state index contributed by atoms with van der Waals surface area (Å²) in [5, 5.41) is 13.9. The minimum atomic E-state index is -1.15. The van der Waals surface area contributed by atoms with E-state index < -0.39 is 30.4 Å². The third kappa shape index (κ3) is 5.71. The van der Waals surface area contributed by atoms with Crippen LogP contribution in [0.5, 0.6) is 0 Å². The van der Waals surface area contributed by atoms with Crippen molar-refractivity contribution in [1.82, 2.24) is 10.6 Å². The Balaban J connectivity index is 2.39. The molecule has 0 aromatic rings. The van der Waals surface area contributed by atoms with Crippen molar-refractivity contribution in [3.8, 4) is 0 Å². The largest absolute Gasteiger partial charge is 0.481 e. The number of nitrogens with one attached hydrogen (secondary N) is 2. The van der Waals surface area contributed by atoms with Crippen molar-refractivity contribution >= 4 is 17.8 Å². The van der Waals surface area contributed by atoms with Gasteiger partial charge in [0.05, 0.1) is 12.5 Å². The summed E-state index contributed by atoms with van der Waals surface area (Å²) in [7, 11) is 0. The number of rotatable bonds is 7. The van der Waals surface area contributed by atoms with Crippen LogP contribution in [0.15, 0.2) is 0 Å². The van der Waals surface area contributed by atoms with Crippen LogP contribution in [0.3, 0.4) is 0 Å². The molecule has 0 bridgehead atoms. The van der Waals surface area contributed by atoms with Crippen molar-refractivity contribution in [3.63, 3.8) is 0 Å². The van der Waals surface area contributed by atoms with Crippen molar-refractivity contribution < 1.29 is 19.5 Å². The quantitative estimate of drug-likeness (QED) is 0.526. The van der Waals surface area contributed by atoms with E-state index in [1.54, 1.807) is 6.92 Å². The van der Waals surface area contributed by atoms with Gasteiger partial charge in [-0.15, -0.1) is 0 Å². The Kier molecular flexibility index (Phi) is 6.61. The molecule has 0 heterocycles. The Morgan fingerprint density at radius 3 is 2.24 bits per heavy atom. The van der Waals surface area contributed by atoms with Crippen LogP contribution < -0.4 is 16.4 Å². The number of carbonyl (C=O) groups is 3. The highest BCUT2D eigenvalue weighted by atomic mass is 16.4. The third-order valence-electron chi connectivity index (χ3n) is 3.96. The van der Waals surface area contributed by atoms with E-state index in [2.05, 4.69) is 10.6 Å². The van der Waals surface area contributed by atoms with Gasteiger partial charge in [0.25, 0.3) is 0 Å². The topological polar surface area (TPSA) is 122 Å². The molecule has 0 saturated heterocycles. The maximum atomic E-state index is 12.0. The van der Waals surface area contributed by atoms with Gasteiger partial charge < -0.3 is 21.5 Å². The molecule has 0 spiro atoms. The van der Waals surface area contributed by atoms with Crippen molar-refractivity contribution in [1.29, 1.82) is 0 Å². The van der Waals surface area contributed by atoms with Crippen LogP contribution in [0.2, 0.25) is 0 Å². The van der Waals surface area contributed by atoms with Crippen LogP contribution in [0.1, 0.15) is 46.0 Å². The summed E-state index contributed by atoms with van der Waals surface area (Å²) in [5.74, 6) is -1.56. The van der Waals surface area contributed by atoms with Crippen LogP contribution >= 0.6 is 0 Å². The maximum Gasteiger partial charge on any atom is 0.305 e. The lowest BCUT2D eigenvalue weighted by Crippen LogP contribution is -2.52. The molecule has 1 aliphatic carbocycles. The molecular formula is C14H25N3O4. The van der Waals surface area contributed by atoms with E-state index in [9.17, 15) is 14.4 Å². The van der Waals surface area contributed by atoms with Gasteiger partial charge in [-0.1, -0.05) is 12.8 Å². The van der Waals surface area contributed by atoms with Crippen molar-refractivity contribution in [2.75, 3.05) is 0 Å². The van der Waals surface area contributed by atoms with E-state index in [1.807, 2.05) is 6.92 Å². The summed E-state index contributed by atoms with van der Waals surface area (Å²) < 4.78 is 0. The lowest BCUT2D eigenvalue weighted by Gasteiger charge is -2.23. The average molecular weight is 299 g/mol. The van der Waals surface area contributed by atoms with Gasteiger partial charge in [0.2, 0.25) is 11.8 Å². The predicted molar refractivity (Wildman–Crippen MR) is 77.4 cm³/mol. The van der Waals surface area contributed by atoms with Gasteiger partial charge in [-0.2, -0.15) is 0 Å². The molecule has 2 amide bonds. The van der Waals surface area contributed by atoms with Crippen LogP contribution in [0.4, 0.5) is 0 Å². The van der Waals surface area contributed by atoms with E-state index >= 15 is 0 Å². The molecule has 0 aromatic heterocycles. The van der Waals surface area contributed by atoms with Gasteiger partial charge in [-0.3, -0.25) is 14.4 Å². The van der Waals surface area contributed by atoms with E-state index in [0.29, 0.717) is 5.92 Å². The number of carbonyl (C=O) groups excluding carboxylic acids is 2. The lowest BCUT2D eigenvalue weighted by molar-refractivity contribution is -0.139. The van der Waals surface area contributed by atoms with E-state index in [-0.39, 0.29) is 11.9 Å². The first-order chi connectivity index (χ1) is 9.81. The Morgan fingerprint density at radius 1 is 1.14 bits per heavy atom. The molecule has 21 heavy (non-hydrogen) atoms. The monoisotopic (exact) mass is 299 g/mol. The normalized spacial score (nSPS) is 19.6. The van der Waals surface area contributed by atoms with Gasteiger partial charge in [0.15, 0.2) is 0 Å². The molecule has 3 atom stereocenters. The number of hydrogen-bond donors (Lipinski definition) is 4. The smallest absolute Gasteiger partial charge is 0.305 e. The summed E-state index contributed by atoms with van der Waals surface area (Å²) in [6.07, 6.45) is 4.17. The maximum absolute atomic E-state index is 12.0. The molecular weight excluding hydrogens is 274 g/mol. The van der Waals surface area contributed by atoms with Gasteiger partial charge in [0, 0.05) is 6.04 Å². The molecule has 0 aliphatic heterocycles. The number of amides is 2. The van der Waals surface area contributed by atoms with E-state index in [0.717, 1.165) is 12.8 Å². The van der Waals surface area contributed by atoms with Crippen LogP contribution in [0, 0.1) is 5.92 Å². The molecule has 7 heteroatoms. The summed E-state index contributed by atoms with van der Waals surface area (Å²) in [4.78, 5) is 34.2. The molecule has 5 N–H and O–H groups in total. The van der Waals surface area contributed by atoms with Crippen molar-refractivity contribution in [2.24, 2.45) is 11.7 Å². The molecule has 1 rings (SSSR count). The summed E-state index contributed by atoms with van der Waals surface area (Å²) in [6.45, 7) is 3.53. The first kappa shape index (κ1) is 17.4. The van der Waals surface area contributed by atoms with Crippen molar-refractivity contribution in [2.45, 2.75) is 64.1 Å². The SMILES string of the molecule is C[C@H](NC(=O)[C@@H](C)NC(=O)[C@@H](N)CC(=O)O)C1CCCC1. The highest BCUT2D eigenvalue weighted by Crippen LogP contribution is 2.27. The van der Waals surface area contributed by atoms with E-state index in [4.69, 9.17) is 10.8 Å². The zero-order valence-corrected chi connectivity index (χ0v) is 12.6. The fraction of sp³-hybridized carbons (Fsp3) is 0.786. The van der Waals surface area contributed by atoms with Crippen LogP contribution in [0.25, 0.3) is 0 Å². The molecule has 7 nitrogen and oxygen atoms in total. The Bertz CT molecular complexity index is 394. The highest BCUT2D eigenvalue weighted by Gasteiger charge is 2.26. The molecule has 1 saturated carbocycles. The predicted octanol–water partition coefficient (Wildman–Crippen LogP) is -0.0120. The van der Waals surface area contributed by atoms with Crippen molar-refractivity contribution in [3.05, 3.63) is 0 Å². The van der Waals surface area contributed by atoms with Gasteiger partial charge >= 0.3 is 5.97 Å². The zero-order valence-electron chi connectivity index (χ0n) is 12.6. The minimum absolute atomic E-state index is 0.0760. The number of carboxylic acid groups (broad SMARTS) is 1. The second-order valence-corrected chi connectivity index (χ2v) is 5.78. The first-order valence-corrected chi connectivity index (χ1v) is 7.39. The second kappa shape index (κ2) is 7.97. The number of carboxylic acids is 1. The standard InChI is InChI=1S/C14H25N3O4/c1-8(10-5-3-4-6-10)16-13(20)9(2)17-14(21)11(15)7-12(18)19/h8-11H,3-7,15H2,1-2H3,(H,16,20)(H,17,21)(H,18,19)/t8-,9+,11-/m0/s1.